The molecule has 0 aromatic carbocycles. The maximum absolute atomic E-state index is 11.9. The van der Waals surface area contributed by atoms with Crippen molar-refractivity contribution in [3.8, 4) is 0 Å². The van der Waals surface area contributed by atoms with Crippen LogP contribution in [-0.4, -0.2) is 47.6 Å². The van der Waals surface area contributed by atoms with E-state index >= 15 is 0 Å². The molecule has 5 heteroatoms. The molecule has 0 aromatic rings. The van der Waals surface area contributed by atoms with Gasteiger partial charge in [0.05, 0.1) is 6.10 Å². The minimum Gasteiger partial charge on any atom is -0.359 e. The number of nitrogens with zero attached hydrogens (tertiary/aromatic N) is 1. The number of hydrogen-bond acceptors (Lipinski definition) is 3. The van der Waals surface area contributed by atoms with Crippen LogP contribution in [0.4, 0.5) is 0 Å². The summed E-state index contributed by atoms with van der Waals surface area (Å²) < 4.78 is 5.19. The van der Waals surface area contributed by atoms with Gasteiger partial charge in [0, 0.05) is 25.0 Å². The molecule has 0 bridgehead atoms. The number of epoxide rings is 1. The van der Waals surface area contributed by atoms with Gasteiger partial charge in [-0.3, -0.25) is 9.59 Å². The van der Waals surface area contributed by atoms with E-state index in [-0.39, 0.29) is 24.2 Å². The average molecular weight is 280 g/mol. The standard InChI is InChI=1S/C15H24N2O3/c1-10-14(20-10)15(19)16-11-5-7-12(8-6-11)17-9-3-2-4-13(17)18/h10-12,14H,2-9H2,1H3,(H,16,19)/t10-,11?,12?,14+/m0/s1. The third kappa shape index (κ3) is 2.97. The number of hydrogen-bond donors (Lipinski definition) is 1. The fraction of sp³-hybridized carbons (Fsp3) is 0.867. The third-order valence-corrected chi connectivity index (χ3v) is 4.81. The Morgan fingerprint density at radius 2 is 1.95 bits per heavy atom. The van der Waals surface area contributed by atoms with Gasteiger partial charge in [0.25, 0.3) is 5.91 Å². The minimum atomic E-state index is -0.226. The van der Waals surface area contributed by atoms with E-state index in [2.05, 4.69) is 10.2 Å². The van der Waals surface area contributed by atoms with E-state index in [0.29, 0.717) is 18.4 Å². The Kier molecular flexibility index (Phi) is 3.96. The van der Waals surface area contributed by atoms with E-state index in [1.54, 1.807) is 0 Å². The molecular weight excluding hydrogens is 256 g/mol. The van der Waals surface area contributed by atoms with Crippen LogP contribution in [-0.2, 0) is 14.3 Å². The molecule has 0 radical (unpaired) electrons. The molecule has 112 valence electrons. The van der Waals surface area contributed by atoms with Crippen molar-refractivity contribution in [2.45, 2.75) is 76.2 Å². The van der Waals surface area contributed by atoms with Crippen molar-refractivity contribution in [1.29, 1.82) is 0 Å². The SMILES string of the molecule is C[C@@H]1O[C@H]1C(=O)NC1CCC(N2CCCCC2=O)CC1. The molecule has 3 rings (SSSR count). The topological polar surface area (TPSA) is 61.9 Å². The summed E-state index contributed by atoms with van der Waals surface area (Å²) >= 11 is 0. The second kappa shape index (κ2) is 5.72. The van der Waals surface area contributed by atoms with Crippen LogP contribution in [0.25, 0.3) is 0 Å². The Morgan fingerprint density at radius 3 is 2.55 bits per heavy atom. The number of nitrogens with one attached hydrogen (secondary N) is 1. The van der Waals surface area contributed by atoms with Gasteiger partial charge in [0.15, 0.2) is 6.10 Å². The molecule has 2 aliphatic heterocycles. The molecule has 0 unspecified atom stereocenters. The van der Waals surface area contributed by atoms with Crippen LogP contribution in [0.2, 0.25) is 0 Å². The largest absolute Gasteiger partial charge is 0.359 e. The number of amides is 2. The minimum absolute atomic E-state index is 0.0370. The van der Waals surface area contributed by atoms with Gasteiger partial charge in [-0.1, -0.05) is 0 Å². The maximum atomic E-state index is 11.9. The zero-order valence-electron chi connectivity index (χ0n) is 12.1. The summed E-state index contributed by atoms with van der Waals surface area (Å²) in [6, 6.07) is 0.655. The van der Waals surface area contributed by atoms with E-state index in [9.17, 15) is 9.59 Å². The molecular formula is C15H24N2O3. The number of carbonyl (C=O) groups excluding carboxylic acids is 2. The van der Waals surface area contributed by atoms with Gasteiger partial charge in [-0.15, -0.1) is 0 Å². The summed E-state index contributed by atoms with van der Waals surface area (Å²) in [5.74, 6) is 0.360. The van der Waals surface area contributed by atoms with Crippen molar-refractivity contribution in [2.24, 2.45) is 0 Å². The van der Waals surface area contributed by atoms with Crippen LogP contribution in [0.15, 0.2) is 0 Å². The number of likely N-dealkylation sites (tertiary alicyclic amines) is 1. The van der Waals surface area contributed by atoms with E-state index < -0.39 is 0 Å². The van der Waals surface area contributed by atoms with Gasteiger partial charge in [0.1, 0.15) is 0 Å². The molecule has 20 heavy (non-hydrogen) atoms. The van der Waals surface area contributed by atoms with Crippen molar-refractivity contribution in [3.05, 3.63) is 0 Å². The molecule has 0 aromatic heterocycles. The van der Waals surface area contributed by atoms with Crippen LogP contribution >= 0.6 is 0 Å². The molecule has 1 aliphatic carbocycles. The monoisotopic (exact) mass is 280 g/mol. The summed E-state index contributed by atoms with van der Waals surface area (Å²) in [7, 11) is 0. The normalized spacial score (nSPS) is 37.6. The first-order valence-electron chi connectivity index (χ1n) is 7.90. The number of ether oxygens (including phenoxy) is 1. The number of piperidine rings is 1. The zero-order chi connectivity index (χ0) is 14.1. The lowest BCUT2D eigenvalue weighted by Gasteiger charge is -2.39. The molecule has 3 aliphatic rings. The lowest BCUT2D eigenvalue weighted by molar-refractivity contribution is -0.136. The fourth-order valence-corrected chi connectivity index (χ4v) is 3.49. The predicted octanol–water partition coefficient (Wildman–Crippen LogP) is 1.21. The Bertz CT molecular complexity index is 391. The Morgan fingerprint density at radius 1 is 1.25 bits per heavy atom. The summed E-state index contributed by atoms with van der Waals surface area (Å²) in [6.45, 7) is 2.84. The molecule has 1 saturated carbocycles. The van der Waals surface area contributed by atoms with E-state index in [4.69, 9.17) is 4.74 Å². The van der Waals surface area contributed by atoms with Crippen molar-refractivity contribution < 1.29 is 14.3 Å². The first-order valence-corrected chi connectivity index (χ1v) is 7.90. The molecule has 3 fully saturated rings. The van der Waals surface area contributed by atoms with Gasteiger partial charge in [0.2, 0.25) is 5.91 Å². The molecule has 2 heterocycles. The summed E-state index contributed by atoms with van der Waals surface area (Å²) in [6.07, 6.45) is 6.72. The number of rotatable bonds is 3. The van der Waals surface area contributed by atoms with Gasteiger partial charge >= 0.3 is 0 Å². The van der Waals surface area contributed by atoms with Crippen LogP contribution in [0.3, 0.4) is 0 Å². The van der Waals surface area contributed by atoms with Crippen molar-refractivity contribution in [1.82, 2.24) is 10.2 Å². The maximum Gasteiger partial charge on any atom is 0.252 e. The van der Waals surface area contributed by atoms with Gasteiger partial charge in [-0.2, -0.15) is 0 Å². The van der Waals surface area contributed by atoms with Gasteiger partial charge in [-0.25, -0.2) is 0 Å². The molecule has 2 saturated heterocycles. The Hall–Kier alpha value is -1.10. The first kappa shape index (κ1) is 13.9. The fourth-order valence-electron chi connectivity index (χ4n) is 3.49. The second-order valence-electron chi connectivity index (χ2n) is 6.32. The molecule has 2 atom stereocenters. The highest BCUT2D eigenvalue weighted by Gasteiger charge is 2.42. The van der Waals surface area contributed by atoms with Crippen molar-refractivity contribution >= 4 is 11.8 Å². The quantitative estimate of drug-likeness (QED) is 0.791. The Labute approximate surface area is 120 Å². The van der Waals surface area contributed by atoms with Crippen LogP contribution in [0.5, 0.6) is 0 Å². The highest BCUT2D eigenvalue weighted by atomic mass is 16.6. The number of carbonyl (C=O) groups is 2. The van der Waals surface area contributed by atoms with Gasteiger partial charge in [-0.05, 0) is 45.4 Å². The van der Waals surface area contributed by atoms with E-state index in [1.807, 2.05) is 6.92 Å². The summed E-state index contributed by atoms with van der Waals surface area (Å²) in [5.41, 5.74) is 0. The van der Waals surface area contributed by atoms with Gasteiger partial charge < -0.3 is 15.0 Å². The van der Waals surface area contributed by atoms with E-state index in [1.165, 1.54) is 0 Å². The zero-order valence-corrected chi connectivity index (χ0v) is 12.1. The van der Waals surface area contributed by atoms with E-state index in [0.717, 1.165) is 45.1 Å². The lowest BCUT2D eigenvalue weighted by Crippen LogP contribution is -2.48. The van der Waals surface area contributed by atoms with Crippen molar-refractivity contribution in [3.63, 3.8) is 0 Å². The van der Waals surface area contributed by atoms with Crippen LogP contribution in [0.1, 0.15) is 51.9 Å². The molecule has 0 spiro atoms. The van der Waals surface area contributed by atoms with Crippen LogP contribution in [0, 0.1) is 0 Å². The molecule has 1 N–H and O–H groups in total. The summed E-state index contributed by atoms with van der Waals surface area (Å²) in [4.78, 5) is 25.8. The second-order valence-corrected chi connectivity index (χ2v) is 6.32. The Balaban J connectivity index is 1.44. The highest BCUT2D eigenvalue weighted by Crippen LogP contribution is 2.27. The molecule has 2 amide bonds. The average Bonchev–Trinajstić information content (AvgIpc) is 3.18. The van der Waals surface area contributed by atoms with Crippen LogP contribution < -0.4 is 5.32 Å². The third-order valence-electron chi connectivity index (χ3n) is 4.81. The molecule has 5 nitrogen and oxygen atoms in total. The smallest absolute Gasteiger partial charge is 0.252 e. The summed E-state index contributed by atoms with van der Waals surface area (Å²) in [5, 5.41) is 3.08. The predicted molar refractivity (Wildman–Crippen MR) is 74.1 cm³/mol. The highest BCUT2D eigenvalue weighted by molar-refractivity contribution is 5.83. The first-order chi connectivity index (χ1) is 9.65. The lowest BCUT2D eigenvalue weighted by atomic mass is 9.89. The van der Waals surface area contributed by atoms with Crippen molar-refractivity contribution in [2.75, 3.05) is 6.54 Å².